The molecule has 1 aliphatic carbocycles. The molecule has 4 rings (SSSR count). The normalized spacial score (nSPS) is 29.2. The monoisotopic (exact) mass is 500 g/mol. The molecule has 0 aromatic heterocycles. The van der Waals surface area contributed by atoms with Crippen LogP contribution in [0, 0.1) is 0 Å². The molecule has 2 bridgehead atoms. The maximum atomic E-state index is 13.8. The van der Waals surface area contributed by atoms with Gasteiger partial charge < -0.3 is 19.6 Å². The number of carbonyl (C=O) groups is 2. The highest BCUT2D eigenvalue weighted by atomic mass is 16.5. The number of imide groups is 1. The fraction of sp³-hybridized carbons (Fsp3) is 0.714. The Morgan fingerprint density at radius 3 is 2.58 bits per heavy atom. The molecule has 0 spiro atoms. The smallest absolute Gasteiger partial charge is 0.326 e. The minimum absolute atomic E-state index is 0.0672. The fourth-order valence-corrected chi connectivity index (χ4v) is 6.98. The van der Waals surface area contributed by atoms with Crippen LogP contribution in [0.3, 0.4) is 0 Å². The maximum absolute atomic E-state index is 13.8. The minimum atomic E-state index is -1.07. The Balaban J connectivity index is 1.82. The van der Waals surface area contributed by atoms with E-state index in [1.54, 1.807) is 12.0 Å². The van der Waals surface area contributed by atoms with Gasteiger partial charge in [0.15, 0.2) is 0 Å². The van der Waals surface area contributed by atoms with Gasteiger partial charge in [-0.2, -0.15) is 0 Å². The van der Waals surface area contributed by atoms with Crippen LogP contribution in [-0.2, 0) is 16.6 Å². The number of fused-ring (bicyclic) bond motifs is 1. The molecule has 3 atom stereocenters. The Labute approximate surface area is 216 Å². The molecule has 36 heavy (non-hydrogen) atoms. The lowest BCUT2D eigenvalue weighted by Gasteiger charge is -2.62. The van der Waals surface area contributed by atoms with Crippen LogP contribution in [0.4, 0.5) is 4.79 Å². The molecule has 0 unspecified atom stereocenters. The summed E-state index contributed by atoms with van der Waals surface area (Å²) < 4.78 is 5.59. The zero-order chi connectivity index (χ0) is 26.1. The lowest BCUT2D eigenvalue weighted by molar-refractivity contribution is -0.165. The molecule has 8 heteroatoms. The van der Waals surface area contributed by atoms with E-state index in [-0.39, 0.29) is 24.4 Å². The number of hydrogen-bond donors (Lipinski definition) is 1. The predicted octanol–water partition coefficient (Wildman–Crippen LogP) is 2.72. The molecule has 0 radical (unpaired) electrons. The van der Waals surface area contributed by atoms with E-state index in [9.17, 15) is 14.7 Å². The van der Waals surface area contributed by atoms with Crippen LogP contribution in [0.2, 0.25) is 0 Å². The van der Waals surface area contributed by atoms with E-state index in [0.717, 1.165) is 43.8 Å². The molecular formula is C28H44N4O4. The summed E-state index contributed by atoms with van der Waals surface area (Å²) in [7, 11) is 5.83. The van der Waals surface area contributed by atoms with E-state index in [1.165, 1.54) is 10.5 Å². The Morgan fingerprint density at radius 1 is 1.14 bits per heavy atom. The van der Waals surface area contributed by atoms with Crippen molar-refractivity contribution >= 4 is 11.9 Å². The first kappa shape index (κ1) is 26.9. The Bertz CT molecular complexity index is 969. The van der Waals surface area contributed by atoms with Crippen LogP contribution in [-0.4, -0.2) is 109 Å². The van der Waals surface area contributed by atoms with Crippen molar-refractivity contribution in [3.05, 3.63) is 29.3 Å². The van der Waals surface area contributed by atoms with Gasteiger partial charge in [-0.15, -0.1) is 0 Å². The molecule has 1 N–H and O–H groups in total. The summed E-state index contributed by atoms with van der Waals surface area (Å²) in [6.07, 6.45) is 3.84. The summed E-state index contributed by atoms with van der Waals surface area (Å²) in [5, 5.41) is 12.8. The van der Waals surface area contributed by atoms with Gasteiger partial charge in [0.05, 0.1) is 12.7 Å². The number of nitrogens with zero attached hydrogens (tertiary/aromatic N) is 4. The topological polar surface area (TPSA) is 76.6 Å². The standard InChI is InChI=1S/C28H44N4O4/c1-6-30-15-8-12-28(35)24-18-21-10-11-22(36-5)19-23(21)27(28,20-25(33)32(7-2)26(30)34)13-17-31(24)16-9-14-29(3)4/h10-11,19,24,35H,6-9,12-18,20H2,1-5H3/t24-,27-,28-/m1/s1. The molecule has 3 aliphatic rings. The van der Waals surface area contributed by atoms with Crippen molar-refractivity contribution in [1.29, 1.82) is 0 Å². The third kappa shape index (κ3) is 4.52. The SMILES string of the molecule is CCN1CCC[C@@]2(O)[C@H]3Cc4ccc(OC)cc4[C@@]2(CCN3CCCN(C)C)CC(=O)N(CC)C1=O. The van der Waals surface area contributed by atoms with Crippen molar-refractivity contribution in [2.24, 2.45) is 0 Å². The highest BCUT2D eigenvalue weighted by molar-refractivity contribution is 5.95. The largest absolute Gasteiger partial charge is 0.497 e. The molecule has 2 heterocycles. The molecule has 2 fully saturated rings. The van der Waals surface area contributed by atoms with Gasteiger partial charge in [-0.3, -0.25) is 14.6 Å². The number of piperidine rings is 1. The van der Waals surface area contributed by atoms with Crippen LogP contribution < -0.4 is 4.74 Å². The van der Waals surface area contributed by atoms with E-state index in [2.05, 4.69) is 30.0 Å². The second kappa shape index (κ2) is 10.7. The zero-order valence-corrected chi connectivity index (χ0v) is 22.8. The van der Waals surface area contributed by atoms with Crippen molar-refractivity contribution in [3.8, 4) is 5.75 Å². The van der Waals surface area contributed by atoms with Crippen molar-refractivity contribution in [3.63, 3.8) is 0 Å². The third-order valence-electron chi connectivity index (χ3n) is 8.88. The first-order valence-electron chi connectivity index (χ1n) is 13.6. The van der Waals surface area contributed by atoms with Gasteiger partial charge in [0.2, 0.25) is 5.91 Å². The second-order valence-electron chi connectivity index (χ2n) is 11.0. The van der Waals surface area contributed by atoms with Crippen molar-refractivity contribution in [2.75, 3.05) is 60.5 Å². The maximum Gasteiger partial charge on any atom is 0.326 e. The van der Waals surface area contributed by atoms with Crippen molar-refractivity contribution < 1.29 is 19.4 Å². The number of hydrogen-bond acceptors (Lipinski definition) is 6. The number of methoxy groups -OCH3 is 1. The van der Waals surface area contributed by atoms with E-state index in [0.29, 0.717) is 38.9 Å². The fourth-order valence-electron chi connectivity index (χ4n) is 6.98. The van der Waals surface area contributed by atoms with Gasteiger partial charge in [0, 0.05) is 37.5 Å². The summed E-state index contributed by atoms with van der Waals surface area (Å²) >= 11 is 0. The van der Waals surface area contributed by atoms with Crippen LogP contribution in [0.25, 0.3) is 0 Å². The Kier molecular flexibility index (Phi) is 7.98. The molecular weight excluding hydrogens is 456 g/mol. The van der Waals surface area contributed by atoms with Crippen LogP contribution in [0.5, 0.6) is 5.75 Å². The number of aliphatic hydroxyl groups is 1. The summed E-state index contributed by atoms with van der Waals surface area (Å²) in [5.41, 5.74) is 0.379. The number of urea groups is 1. The third-order valence-corrected chi connectivity index (χ3v) is 8.88. The summed E-state index contributed by atoms with van der Waals surface area (Å²) in [5.74, 6) is 0.541. The van der Waals surface area contributed by atoms with E-state index >= 15 is 0 Å². The molecule has 1 aromatic carbocycles. The molecule has 2 aliphatic heterocycles. The number of carbonyl (C=O) groups excluding carboxylic acids is 2. The van der Waals surface area contributed by atoms with Crippen LogP contribution >= 0.6 is 0 Å². The second-order valence-corrected chi connectivity index (χ2v) is 11.0. The number of amides is 3. The number of ether oxygens (including phenoxy) is 1. The Hall–Kier alpha value is -2.16. The quantitative estimate of drug-likeness (QED) is 0.621. The lowest BCUT2D eigenvalue weighted by Crippen LogP contribution is -2.72. The van der Waals surface area contributed by atoms with Gasteiger partial charge in [-0.1, -0.05) is 6.07 Å². The van der Waals surface area contributed by atoms with Gasteiger partial charge in [-0.05, 0) is 103 Å². The molecule has 8 nitrogen and oxygen atoms in total. The molecule has 0 saturated carbocycles. The summed E-state index contributed by atoms with van der Waals surface area (Å²) in [4.78, 5) is 34.9. The predicted molar refractivity (Wildman–Crippen MR) is 140 cm³/mol. The van der Waals surface area contributed by atoms with E-state index < -0.39 is 11.0 Å². The lowest BCUT2D eigenvalue weighted by atomic mass is 9.52. The summed E-state index contributed by atoms with van der Waals surface area (Å²) in [6, 6.07) is 5.84. The average Bonchev–Trinajstić information content (AvgIpc) is 2.84. The molecule has 200 valence electrons. The van der Waals surface area contributed by atoms with Crippen molar-refractivity contribution in [2.45, 2.75) is 69.4 Å². The van der Waals surface area contributed by atoms with E-state index in [4.69, 9.17) is 4.74 Å². The Morgan fingerprint density at radius 2 is 1.92 bits per heavy atom. The molecule has 3 amide bonds. The highest BCUT2D eigenvalue weighted by Gasteiger charge is 2.63. The van der Waals surface area contributed by atoms with Crippen LogP contribution in [0.15, 0.2) is 18.2 Å². The van der Waals surface area contributed by atoms with Gasteiger partial charge in [0.1, 0.15) is 5.75 Å². The minimum Gasteiger partial charge on any atom is -0.497 e. The number of benzene rings is 1. The first-order chi connectivity index (χ1) is 17.2. The van der Waals surface area contributed by atoms with Gasteiger partial charge in [-0.25, -0.2) is 4.79 Å². The molecule has 2 saturated heterocycles. The number of rotatable bonds is 7. The van der Waals surface area contributed by atoms with Crippen molar-refractivity contribution in [1.82, 2.24) is 19.6 Å². The zero-order valence-electron chi connectivity index (χ0n) is 22.8. The summed E-state index contributed by atoms with van der Waals surface area (Å²) in [6.45, 7) is 7.95. The number of likely N-dealkylation sites (tertiary alicyclic amines) is 1. The molecule has 1 aromatic rings. The van der Waals surface area contributed by atoms with Crippen LogP contribution in [0.1, 0.15) is 57.1 Å². The van der Waals surface area contributed by atoms with Gasteiger partial charge >= 0.3 is 6.03 Å². The van der Waals surface area contributed by atoms with Gasteiger partial charge in [0.25, 0.3) is 0 Å². The first-order valence-corrected chi connectivity index (χ1v) is 13.6. The average molecular weight is 501 g/mol. The van der Waals surface area contributed by atoms with E-state index in [1.807, 2.05) is 26.0 Å². The highest BCUT2D eigenvalue weighted by Crippen LogP contribution is 2.56.